The van der Waals surface area contributed by atoms with Gasteiger partial charge < -0.3 is 9.64 Å². The number of likely N-dealkylation sites (tertiary alicyclic amines) is 1. The van der Waals surface area contributed by atoms with Crippen LogP contribution in [0, 0.1) is 19.8 Å². The Labute approximate surface area is 164 Å². The van der Waals surface area contributed by atoms with Crippen LogP contribution in [-0.4, -0.2) is 54.1 Å². The van der Waals surface area contributed by atoms with E-state index in [4.69, 9.17) is 14.7 Å². The van der Waals surface area contributed by atoms with Crippen molar-refractivity contribution >= 4 is 33.3 Å². The molecule has 0 aromatic carbocycles. The summed E-state index contributed by atoms with van der Waals surface area (Å²) >= 11 is 1.75. The first kappa shape index (κ1) is 18.6. The fourth-order valence-electron chi connectivity index (χ4n) is 4.24. The number of hydrogen-bond acceptors (Lipinski definition) is 7. The molecule has 0 spiro atoms. The van der Waals surface area contributed by atoms with Crippen molar-refractivity contribution < 1.29 is 9.53 Å². The van der Waals surface area contributed by atoms with E-state index >= 15 is 0 Å². The smallest absolute Gasteiger partial charge is 0.310 e. The fraction of sp³-hybridized carbons (Fsp3) is 0.650. The lowest BCUT2D eigenvalue weighted by Crippen LogP contribution is -2.40. The molecule has 2 aromatic heterocycles. The maximum absolute atomic E-state index is 12.1. The molecule has 0 bridgehead atoms. The summed E-state index contributed by atoms with van der Waals surface area (Å²) in [7, 11) is 1.48. The van der Waals surface area contributed by atoms with Gasteiger partial charge in [-0.3, -0.25) is 9.69 Å². The Bertz CT molecular complexity index is 844. The molecule has 2 aliphatic rings. The largest absolute Gasteiger partial charge is 0.469 e. The minimum Gasteiger partial charge on any atom is -0.469 e. The minimum absolute atomic E-state index is 0.0733. The number of piperidine rings is 1. The normalized spacial score (nSPS) is 21.1. The van der Waals surface area contributed by atoms with Crippen molar-refractivity contribution in [2.75, 3.05) is 38.2 Å². The summed E-state index contributed by atoms with van der Waals surface area (Å²) in [5.41, 5.74) is 1.26. The van der Waals surface area contributed by atoms with Gasteiger partial charge in [-0.05, 0) is 58.2 Å². The van der Waals surface area contributed by atoms with Gasteiger partial charge in [0.05, 0.1) is 25.0 Å². The number of ether oxygens (including phenoxy) is 1. The number of fused-ring (bicyclic) bond motifs is 1. The van der Waals surface area contributed by atoms with Crippen LogP contribution in [0.1, 0.15) is 41.9 Å². The highest BCUT2D eigenvalue weighted by Crippen LogP contribution is 2.36. The summed E-state index contributed by atoms with van der Waals surface area (Å²) in [5, 5.41) is 1.16. The summed E-state index contributed by atoms with van der Waals surface area (Å²) < 4.78 is 5.00. The van der Waals surface area contributed by atoms with E-state index in [9.17, 15) is 4.79 Å². The lowest BCUT2D eigenvalue weighted by Gasteiger charge is -2.33. The molecule has 0 unspecified atom stereocenters. The molecule has 1 atom stereocenters. The third-order valence-electron chi connectivity index (χ3n) is 5.88. The first-order valence-electron chi connectivity index (χ1n) is 9.88. The van der Waals surface area contributed by atoms with E-state index in [0.717, 1.165) is 60.9 Å². The first-order valence-corrected chi connectivity index (χ1v) is 10.7. The number of aromatic nitrogens is 2. The standard InChI is InChI=1S/C20H28N4O2S/c1-13-14(2)27-19-17(13)18(21-16(22-19)12-23-8-4-5-9-23)24-10-6-7-15(11-24)20(25)26-3/h15H,4-12H2,1-3H3/t15-/m0/s1. The first-order chi connectivity index (χ1) is 13.1. The second kappa shape index (κ2) is 7.72. The summed E-state index contributed by atoms with van der Waals surface area (Å²) in [5.74, 6) is 1.72. The van der Waals surface area contributed by atoms with Gasteiger partial charge in [-0.1, -0.05) is 0 Å². The van der Waals surface area contributed by atoms with E-state index in [1.54, 1.807) is 11.3 Å². The molecule has 2 fully saturated rings. The number of thiophene rings is 1. The minimum atomic E-state index is -0.111. The highest BCUT2D eigenvalue weighted by atomic mass is 32.1. The number of esters is 1. The van der Waals surface area contributed by atoms with E-state index in [0.29, 0.717) is 6.54 Å². The molecule has 146 valence electrons. The van der Waals surface area contributed by atoms with Crippen LogP contribution in [0.5, 0.6) is 0 Å². The van der Waals surface area contributed by atoms with E-state index in [1.165, 1.54) is 30.4 Å². The summed E-state index contributed by atoms with van der Waals surface area (Å²) in [6, 6.07) is 0. The number of aryl methyl sites for hydroxylation is 2. The van der Waals surface area contributed by atoms with Crippen LogP contribution < -0.4 is 4.90 Å². The second-order valence-electron chi connectivity index (χ2n) is 7.72. The average molecular weight is 389 g/mol. The SMILES string of the molecule is COC(=O)[C@H]1CCCN(c2nc(CN3CCCC3)nc3sc(C)c(C)c23)C1. The summed E-state index contributed by atoms with van der Waals surface area (Å²) in [6.45, 7) is 8.99. The van der Waals surface area contributed by atoms with Crippen molar-refractivity contribution in [1.29, 1.82) is 0 Å². The molecule has 0 saturated carbocycles. The molecule has 0 radical (unpaired) electrons. The Morgan fingerprint density at radius 2 is 1.96 bits per heavy atom. The van der Waals surface area contributed by atoms with Crippen molar-refractivity contribution in [2.24, 2.45) is 5.92 Å². The topological polar surface area (TPSA) is 58.6 Å². The Hall–Kier alpha value is -1.73. The maximum Gasteiger partial charge on any atom is 0.310 e. The maximum atomic E-state index is 12.1. The number of carbonyl (C=O) groups excluding carboxylic acids is 1. The van der Waals surface area contributed by atoms with Crippen molar-refractivity contribution in [3.8, 4) is 0 Å². The number of rotatable bonds is 4. The predicted octanol–water partition coefficient (Wildman–Crippen LogP) is 3.29. The Balaban J connectivity index is 1.71. The van der Waals surface area contributed by atoms with Crippen LogP contribution in [0.2, 0.25) is 0 Å². The van der Waals surface area contributed by atoms with Gasteiger partial charge in [-0.25, -0.2) is 9.97 Å². The zero-order valence-corrected chi connectivity index (χ0v) is 17.3. The van der Waals surface area contributed by atoms with Gasteiger partial charge >= 0.3 is 5.97 Å². The van der Waals surface area contributed by atoms with Crippen LogP contribution in [0.15, 0.2) is 0 Å². The van der Waals surface area contributed by atoms with Crippen molar-refractivity contribution in [3.63, 3.8) is 0 Å². The van der Waals surface area contributed by atoms with Gasteiger partial charge in [0.1, 0.15) is 16.5 Å². The van der Waals surface area contributed by atoms with E-state index in [-0.39, 0.29) is 11.9 Å². The molecule has 6 nitrogen and oxygen atoms in total. The van der Waals surface area contributed by atoms with Crippen molar-refractivity contribution in [2.45, 2.75) is 46.1 Å². The second-order valence-corrected chi connectivity index (χ2v) is 8.92. The predicted molar refractivity (Wildman–Crippen MR) is 108 cm³/mol. The molecule has 0 N–H and O–H groups in total. The Morgan fingerprint density at radius 1 is 1.19 bits per heavy atom. The summed E-state index contributed by atoms with van der Waals surface area (Å²) in [4.78, 5) is 29.1. The molecule has 4 heterocycles. The molecule has 7 heteroatoms. The highest BCUT2D eigenvalue weighted by molar-refractivity contribution is 7.18. The lowest BCUT2D eigenvalue weighted by atomic mass is 9.98. The fourth-order valence-corrected chi connectivity index (χ4v) is 5.28. The molecular weight excluding hydrogens is 360 g/mol. The van der Waals surface area contributed by atoms with Crippen molar-refractivity contribution in [1.82, 2.24) is 14.9 Å². The van der Waals surface area contributed by atoms with Gasteiger partial charge in [0.25, 0.3) is 0 Å². The quantitative estimate of drug-likeness (QED) is 0.749. The highest BCUT2D eigenvalue weighted by Gasteiger charge is 2.29. The molecule has 4 rings (SSSR count). The van der Waals surface area contributed by atoms with Gasteiger partial charge in [0, 0.05) is 18.0 Å². The third-order valence-corrected chi connectivity index (χ3v) is 6.98. The number of carbonyl (C=O) groups is 1. The molecule has 2 aromatic rings. The molecule has 0 amide bonds. The van der Waals surface area contributed by atoms with Crippen molar-refractivity contribution in [3.05, 3.63) is 16.3 Å². The molecular formula is C20H28N4O2S. The molecule has 27 heavy (non-hydrogen) atoms. The summed E-state index contributed by atoms with van der Waals surface area (Å²) in [6.07, 6.45) is 4.40. The van der Waals surface area contributed by atoms with Gasteiger partial charge in [0.15, 0.2) is 0 Å². The number of methoxy groups -OCH3 is 1. The zero-order chi connectivity index (χ0) is 19.0. The Kier molecular flexibility index (Phi) is 5.32. The molecule has 2 aliphatic heterocycles. The number of hydrogen-bond donors (Lipinski definition) is 0. The Morgan fingerprint density at radius 3 is 2.70 bits per heavy atom. The molecule has 2 saturated heterocycles. The zero-order valence-electron chi connectivity index (χ0n) is 16.5. The number of nitrogens with zero attached hydrogens (tertiary/aromatic N) is 4. The molecule has 0 aliphatic carbocycles. The average Bonchev–Trinajstić information content (AvgIpc) is 3.29. The van der Waals surface area contributed by atoms with Crippen LogP contribution in [0.25, 0.3) is 10.2 Å². The van der Waals surface area contributed by atoms with Crippen LogP contribution in [0.4, 0.5) is 5.82 Å². The van der Waals surface area contributed by atoms with Crippen LogP contribution in [0.3, 0.4) is 0 Å². The van der Waals surface area contributed by atoms with E-state index < -0.39 is 0 Å². The van der Waals surface area contributed by atoms with Gasteiger partial charge in [-0.15, -0.1) is 11.3 Å². The monoisotopic (exact) mass is 388 g/mol. The van der Waals surface area contributed by atoms with E-state index in [1.807, 2.05) is 0 Å². The van der Waals surface area contributed by atoms with Crippen LogP contribution >= 0.6 is 11.3 Å². The van der Waals surface area contributed by atoms with Gasteiger partial charge in [-0.2, -0.15) is 0 Å². The third kappa shape index (κ3) is 3.67. The van der Waals surface area contributed by atoms with Crippen LogP contribution in [-0.2, 0) is 16.1 Å². The number of anilines is 1. The van der Waals surface area contributed by atoms with Gasteiger partial charge in [0.2, 0.25) is 0 Å². The lowest BCUT2D eigenvalue weighted by molar-refractivity contribution is -0.145. The van der Waals surface area contributed by atoms with E-state index in [2.05, 4.69) is 23.6 Å².